The molecular formula is C21H20N4OS2. The van der Waals surface area contributed by atoms with Crippen molar-refractivity contribution in [2.24, 2.45) is 7.05 Å². The monoisotopic (exact) mass is 408 g/mol. The van der Waals surface area contributed by atoms with E-state index in [2.05, 4.69) is 33.0 Å². The minimum atomic E-state index is -0.0264. The van der Waals surface area contributed by atoms with Gasteiger partial charge in [-0.05, 0) is 18.6 Å². The van der Waals surface area contributed by atoms with Gasteiger partial charge in [-0.3, -0.25) is 4.79 Å². The highest BCUT2D eigenvalue weighted by atomic mass is 32.2. The maximum absolute atomic E-state index is 12.3. The second-order valence-electron chi connectivity index (χ2n) is 6.50. The summed E-state index contributed by atoms with van der Waals surface area (Å²) in [6, 6.07) is 18.2. The number of aromatic nitrogens is 3. The number of carbonyl (C=O) groups is 1. The molecule has 142 valence electrons. The fourth-order valence-corrected chi connectivity index (χ4v) is 4.73. The van der Waals surface area contributed by atoms with Crippen LogP contribution in [0.2, 0.25) is 0 Å². The quantitative estimate of drug-likeness (QED) is 0.471. The SMILES string of the molecule is CC(NC(=O)CSc1nnc(-c2csc3ccccc23)n1C)c1ccccc1. The molecule has 4 aromatic rings. The number of amides is 1. The van der Waals surface area contributed by atoms with Crippen LogP contribution in [-0.4, -0.2) is 26.4 Å². The predicted octanol–water partition coefficient (Wildman–Crippen LogP) is 4.67. The van der Waals surface area contributed by atoms with Crippen LogP contribution in [0.15, 0.2) is 65.1 Å². The van der Waals surface area contributed by atoms with E-state index < -0.39 is 0 Å². The van der Waals surface area contributed by atoms with Crippen LogP contribution < -0.4 is 5.32 Å². The van der Waals surface area contributed by atoms with Crippen LogP contribution in [0.1, 0.15) is 18.5 Å². The van der Waals surface area contributed by atoms with Crippen LogP contribution in [0.25, 0.3) is 21.5 Å². The lowest BCUT2D eigenvalue weighted by Crippen LogP contribution is -2.28. The Labute approximate surface area is 171 Å². The van der Waals surface area contributed by atoms with Crippen molar-refractivity contribution in [1.82, 2.24) is 20.1 Å². The standard InChI is InChI=1S/C21H20N4OS2/c1-14(15-8-4-3-5-9-15)22-19(26)13-28-21-24-23-20(25(21)2)17-12-27-18-11-7-6-10-16(17)18/h3-12,14H,13H2,1-2H3,(H,22,26). The van der Waals surface area contributed by atoms with E-state index in [1.165, 1.54) is 21.8 Å². The second-order valence-corrected chi connectivity index (χ2v) is 8.35. The van der Waals surface area contributed by atoms with Gasteiger partial charge in [0.2, 0.25) is 5.91 Å². The minimum Gasteiger partial charge on any atom is -0.349 e. The number of hydrogen-bond acceptors (Lipinski definition) is 5. The molecule has 2 aromatic carbocycles. The minimum absolute atomic E-state index is 0.0214. The van der Waals surface area contributed by atoms with Gasteiger partial charge in [0.1, 0.15) is 0 Å². The summed E-state index contributed by atoms with van der Waals surface area (Å²) in [6.45, 7) is 1.99. The van der Waals surface area contributed by atoms with Crippen molar-refractivity contribution in [2.45, 2.75) is 18.1 Å². The summed E-state index contributed by atoms with van der Waals surface area (Å²) in [4.78, 5) is 12.3. The molecule has 0 fully saturated rings. The van der Waals surface area contributed by atoms with Crippen molar-refractivity contribution in [3.8, 4) is 11.4 Å². The molecule has 0 aliphatic carbocycles. The smallest absolute Gasteiger partial charge is 0.230 e. The Balaban J connectivity index is 1.43. The van der Waals surface area contributed by atoms with Crippen molar-refractivity contribution < 1.29 is 4.79 Å². The van der Waals surface area contributed by atoms with Gasteiger partial charge >= 0.3 is 0 Å². The normalized spacial score (nSPS) is 12.2. The molecule has 0 bridgehead atoms. The molecule has 5 nitrogen and oxygen atoms in total. The van der Waals surface area contributed by atoms with E-state index in [-0.39, 0.29) is 11.9 Å². The fraction of sp³-hybridized carbons (Fsp3) is 0.190. The first-order chi connectivity index (χ1) is 13.6. The van der Waals surface area contributed by atoms with Crippen molar-refractivity contribution in [1.29, 1.82) is 0 Å². The van der Waals surface area contributed by atoms with Gasteiger partial charge in [0.25, 0.3) is 0 Å². The van der Waals surface area contributed by atoms with Crippen molar-refractivity contribution in [2.75, 3.05) is 5.75 Å². The van der Waals surface area contributed by atoms with Gasteiger partial charge in [0, 0.05) is 28.1 Å². The van der Waals surface area contributed by atoms with Crippen LogP contribution in [0.3, 0.4) is 0 Å². The van der Waals surface area contributed by atoms with Gasteiger partial charge in [-0.1, -0.05) is 60.3 Å². The summed E-state index contributed by atoms with van der Waals surface area (Å²) in [5.74, 6) is 1.10. The second kappa shape index (κ2) is 8.16. The number of fused-ring (bicyclic) bond motifs is 1. The summed E-state index contributed by atoms with van der Waals surface area (Å²) in [5.41, 5.74) is 2.16. The third-order valence-corrected chi connectivity index (χ3v) is 6.55. The molecule has 4 rings (SSSR count). The molecule has 28 heavy (non-hydrogen) atoms. The Morgan fingerprint density at radius 1 is 1.14 bits per heavy atom. The summed E-state index contributed by atoms with van der Waals surface area (Å²) < 4.78 is 3.18. The first-order valence-corrected chi connectivity index (χ1v) is 10.8. The third kappa shape index (κ3) is 3.81. The highest BCUT2D eigenvalue weighted by Gasteiger charge is 2.16. The number of thioether (sulfide) groups is 1. The van der Waals surface area contributed by atoms with E-state index in [1.807, 2.05) is 61.0 Å². The van der Waals surface area contributed by atoms with Crippen LogP contribution >= 0.6 is 23.1 Å². The Hall–Kier alpha value is -2.64. The molecule has 0 saturated carbocycles. The van der Waals surface area contributed by atoms with Crippen LogP contribution in [0, 0.1) is 0 Å². The van der Waals surface area contributed by atoms with Gasteiger partial charge in [0.15, 0.2) is 11.0 Å². The number of nitrogens with one attached hydrogen (secondary N) is 1. The number of rotatable bonds is 6. The fourth-order valence-electron chi connectivity index (χ4n) is 3.06. The number of thiophene rings is 1. The first kappa shape index (κ1) is 18.7. The van der Waals surface area contributed by atoms with Crippen molar-refractivity contribution in [3.05, 3.63) is 65.5 Å². The van der Waals surface area contributed by atoms with Crippen LogP contribution in [0.4, 0.5) is 0 Å². The highest BCUT2D eigenvalue weighted by Crippen LogP contribution is 2.33. The van der Waals surface area contributed by atoms with Gasteiger partial charge in [0.05, 0.1) is 11.8 Å². The van der Waals surface area contributed by atoms with Gasteiger partial charge in [-0.25, -0.2) is 0 Å². The van der Waals surface area contributed by atoms with Gasteiger partial charge in [-0.15, -0.1) is 21.5 Å². The van der Waals surface area contributed by atoms with Crippen LogP contribution in [0.5, 0.6) is 0 Å². The summed E-state index contributed by atoms with van der Waals surface area (Å²) >= 11 is 3.09. The zero-order valence-electron chi connectivity index (χ0n) is 15.6. The summed E-state index contributed by atoms with van der Waals surface area (Å²) in [5, 5.41) is 15.7. The van der Waals surface area contributed by atoms with Crippen molar-refractivity contribution in [3.63, 3.8) is 0 Å². The van der Waals surface area contributed by atoms with Crippen LogP contribution in [-0.2, 0) is 11.8 Å². The molecule has 1 amide bonds. The molecule has 2 aromatic heterocycles. The molecule has 1 N–H and O–H groups in total. The van der Waals surface area contributed by atoms with Gasteiger partial charge < -0.3 is 9.88 Å². The van der Waals surface area contributed by atoms with E-state index >= 15 is 0 Å². The van der Waals surface area contributed by atoms with E-state index in [4.69, 9.17) is 0 Å². The molecular weight excluding hydrogens is 388 g/mol. The number of carbonyl (C=O) groups excluding carboxylic acids is 1. The van der Waals surface area contributed by atoms with E-state index in [9.17, 15) is 4.79 Å². The summed E-state index contributed by atoms with van der Waals surface area (Å²) in [6.07, 6.45) is 0. The maximum Gasteiger partial charge on any atom is 0.230 e. The average Bonchev–Trinajstić information content (AvgIpc) is 3.30. The molecule has 0 aliphatic heterocycles. The number of benzene rings is 2. The molecule has 2 heterocycles. The molecule has 0 spiro atoms. The Morgan fingerprint density at radius 3 is 2.71 bits per heavy atom. The largest absolute Gasteiger partial charge is 0.349 e. The molecule has 1 atom stereocenters. The molecule has 7 heteroatoms. The average molecular weight is 409 g/mol. The molecule has 0 radical (unpaired) electrons. The van der Waals surface area contributed by atoms with E-state index in [0.717, 1.165) is 22.1 Å². The predicted molar refractivity (Wildman–Crippen MR) is 116 cm³/mol. The lowest BCUT2D eigenvalue weighted by atomic mass is 10.1. The topological polar surface area (TPSA) is 59.8 Å². The van der Waals surface area contributed by atoms with E-state index in [1.54, 1.807) is 11.3 Å². The lowest BCUT2D eigenvalue weighted by Gasteiger charge is -2.13. The Bertz CT molecular complexity index is 1100. The zero-order valence-corrected chi connectivity index (χ0v) is 17.3. The molecule has 0 saturated heterocycles. The lowest BCUT2D eigenvalue weighted by molar-refractivity contribution is -0.119. The summed E-state index contributed by atoms with van der Waals surface area (Å²) in [7, 11) is 1.94. The Kier molecular flexibility index (Phi) is 5.45. The first-order valence-electron chi connectivity index (χ1n) is 8.96. The molecule has 0 aliphatic rings. The van der Waals surface area contributed by atoms with Crippen molar-refractivity contribution >= 4 is 39.1 Å². The molecule has 1 unspecified atom stereocenters. The Morgan fingerprint density at radius 2 is 1.89 bits per heavy atom. The van der Waals surface area contributed by atoms with E-state index in [0.29, 0.717) is 5.75 Å². The van der Waals surface area contributed by atoms with Gasteiger partial charge in [-0.2, -0.15) is 0 Å². The number of nitrogens with zero attached hydrogens (tertiary/aromatic N) is 3. The highest BCUT2D eigenvalue weighted by molar-refractivity contribution is 7.99. The maximum atomic E-state index is 12.3. The number of hydrogen-bond donors (Lipinski definition) is 1. The third-order valence-electron chi connectivity index (χ3n) is 4.57. The zero-order chi connectivity index (χ0) is 19.5.